The van der Waals surface area contributed by atoms with Gasteiger partial charge in [-0.25, -0.2) is 17.9 Å². The van der Waals surface area contributed by atoms with Crippen molar-refractivity contribution in [1.29, 1.82) is 0 Å². The van der Waals surface area contributed by atoms with Crippen molar-refractivity contribution < 1.29 is 23.4 Å². The number of nitrogens with one attached hydrogen (secondary N) is 1. The second-order valence-corrected chi connectivity index (χ2v) is 7.66. The lowest BCUT2D eigenvalue weighted by molar-refractivity contribution is 0.0696. The van der Waals surface area contributed by atoms with Crippen molar-refractivity contribution in [3.05, 3.63) is 27.2 Å². The Hall–Kier alpha value is -0.670. The molecule has 0 amide bonds. The molecule has 0 saturated carbocycles. The third-order valence-electron chi connectivity index (χ3n) is 3.05. The fraction of sp³-hybridized carbons (Fsp3) is 0.417. The number of aromatic carboxylic acids is 1. The minimum absolute atomic E-state index is 0.0816. The van der Waals surface area contributed by atoms with Crippen molar-refractivity contribution in [2.75, 3.05) is 6.61 Å². The van der Waals surface area contributed by atoms with Gasteiger partial charge in [-0.1, -0.05) is 18.5 Å². The molecule has 0 bridgehead atoms. The smallest absolute Gasteiger partial charge is 0.337 e. The molecule has 0 saturated heterocycles. The van der Waals surface area contributed by atoms with Crippen LogP contribution in [0.1, 0.15) is 30.6 Å². The summed E-state index contributed by atoms with van der Waals surface area (Å²) in [4.78, 5) is 10.8. The van der Waals surface area contributed by atoms with Gasteiger partial charge in [0.15, 0.2) is 0 Å². The normalized spacial score (nSPS) is 14.7. The standard InChI is InChI=1S/C12H15BrClNO5S/c1-3-12(2,6-16)15-21(19,20)7-4-8(11(17)18)10(14)9(13)5-7/h4-5,15-16H,3,6H2,1-2H3,(H,17,18). The number of aliphatic hydroxyl groups excluding tert-OH is 1. The Morgan fingerprint density at radius 3 is 2.48 bits per heavy atom. The van der Waals surface area contributed by atoms with E-state index < -0.39 is 21.5 Å². The molecule has 0 aromatic heterocycles. The third kappa shape index (κ3) is 4.17. The number of rotatable bonds is 6. The van der Waals surface area contributed by atoms with E-state index >= 15 is 0 Å². The fourth-order valence-electron chi connectivity index (χ4n) is 1.47. The average Bonchev–Trinajstić information content (AvgIpc) is 2.40. The lowest BCUT2D eigenvalue weighted by Gasteiger charge is -2.26. The van der Waals surface area contributed by atoms with Crippen molar-refractivity contribution >= 4 is 43.5 Å². The summed E-state index contributed by atoms with van der Waals surface area (Å²) in [6.45, 7) is 2.89. The number of sulfonamides is 1. The second-order valence-electron chi connectivity index (χ2n) is 4.75. The molecular weight excluding hydrogens is 386 g/mol. The van der Waals surface area contributed by atoms with Crippen molar-refractivity contribution in [2.45, 2.75) is 30.7 Å². The maximum absolute atomic E-state index is 12.3. The Morgan fingerprint density at radius 1 is 1.48 bits per heavy atom. The zero-order chi connectivity index (χ0) is 16.4. The van der Waals surface area contributed by atoms with E-state index in [1.54, 1.807) is 13.8 Å². The van der Waals surface area contributed by atoms with Crippen molar-refractivity contribution in [3.63, 3.8) is 0 Å². The summed E-state index contributed by atoms with van der Waals surface area (Å²) < 4.78 is 27.2. The Kier molecular flexibility index (Phi) is 5.79. The molecule has 1 rings (SSSR count). The van der Waals surface area contributed by atoms with Gasteiger partial charge in [-0.05, 0) is 41.4 Å². The molecule has 1 unspecified atom stereocenters. The molecule has 21 heavy (non-hydrogen) atoms. The lowest BCUT2D eigenvalue weighted by Crippen LogP contribution is -2.48. The molecule has 1 aromatic rings. The minimum Gasteiger partial charge on any atom is -0.478 e. The first-order valence-electron chi connectivity index (χ1n) is 5.93. The van der Waals surface area contributed by atoms with Crippen LogP contribution in [0.3, 0.4) is 0 Å². The molecule has 0 radical (unpaired) electrons. The maximum atomic E-state index is 12.3. The first-order valence-corrected chi connectivity index (χ1v) is 8.59. The van der Waals surface area contributed by atoms with Gasteiger partial charge in [-0.3, -0.25) is 0 Å². The van der Waals surface area contributed by atoms with Gasteiger partial charge < -0.3 is 10.2 Å². The van der Waals surface area contributed by atoms with E-state index in [0.29, 0.717) is 6.42 Å². The number of benzene rings is 1. The molecule has 1 atom stereocenters. The van der Waals surface area contributed by atoms with E-state index in [9.17, 15) is 18.3 Å². The highest BCUT2D eigenvalue weighted by atomic mass is 79.9. The molecule has 0 heterocycles. The lowest BCUT2D eigenvalue weighted by atomic mass is 10.0. The van der Waals surface area contributed by atoms with Crippen molar-refractivity contribution in [1.82, 2.24) is 4.72 Å². The highest BCUT2D eigenvalue weighted by molar-refractivity contribution is 9.10. The molecule has 0 aliphatic heterocycles. The minimum atomic E-state index is -4.00. The number of hydrogen-bond donors (Lipinski definition) is 3. The van der Waals surface area contributed by atoms with Crippen LogP contribution < -0.4 is 4.72 Å². The van der Waals surface area contributed by atoms with Crippen molar-refractivity contribution in [3.8, 4) is 0 Å². The summed E-state index contributed by atoms with van der Waals surface area (Å²) >= 11 is 8.85. The maximum Gasteiger partial charge on any atom is 0.337 e. The molecular formula is C12H15BrClNO5S. The summed E-state index contributed by atoms with van der Waals surface area (Å²) in [5.74, 6) is -1.34. The summed E-state index contributed by atoms with van der Waals surface area (Å²) in [6.07, 6.45) is 0.364. The quantitative estimate of drug-likeness (QED) is 0.679. The van der Waals surface area contributed by atoms with Gasteiger partial charge in [0.05, 0.1) is 27.6 Å². The second kappa shape index (κ2) is 6.62. The summed E-state index contributed by atoms with van der Waals surface area (Å²) in [7, 11) is -4.00. The van der Waals surface area contributed by atoms with Crippen LogP contribution in [0.15, 0.2) is 21.5 Å². The Bertz CT molecular complexity index is 658. The van der Waals surface area contributed by atoms with E-state index in [1.807, 2.05) is 0 Å². The zero-order valence-corrected chi connectivity index (χ0v) is 14.5. The van der Waals surface area contributed by atoms with E-state index in [2.05, 4.69) is 20.7 Å². The van der Waals surface area contributed by atoms with Crippen LogP contribution in [-0.2, 0) is 10.0 Å². The number of halogens is 2. The molecule has 0 aliphatic rings. The summed E-state index contributed by atoms with van der Waals surface area (Å²) in [5, 5.41) is 18.2. The van der Waals surface area contributed by atoms with Crippen LogP contribution in [0.4, 0.5) is 0 Å². The number of carbonyl (C=O) groups is 1. The SMILES string of the molecule is CCC(C)(CO)NS(=O)(=O)c1cc(Br)c(Cl)c(C(=O)O)c1. The van der Waals surface area contributed by atoms with Gasteiger partial charge in [0.1, 0.15) is 0 Å². The summed E-state index contributed by atoms with van der Waals surface area (Å²) in [5.41, 5.74) is -1.36. The van der Waals surface area contributed by atoms with E-state index in [0.717, 1.165) is 6.07 Å². The number of aliphatic hydroxyl groups is 1. The molecule has 0 aliphatic carbocycles. The van der Waals surface area contributed by atoms with Gasteiger partial charge in [-0.15, -0.1) is 0 Å². The third-order valence-corrected chi connectivity index (χ3v) is 5.93. The van der Waals surface area contributed by atoms with Crippen LogP contribution in [0, 0.1) is 0 Å². The van der Waals surface area contributed by atoms with E-state index in [-0.39, 0.29) is 26.6 Å². The number of carboxylic acids is 1. The highest BCUT2D eigenvalue weighted by Gasteiger charge is 2.29. The largest absolute Gasteiger partial charge is 0.478 e. The molecule has 3 N–H and O–H groups in total. The van der Waals surface area contributed by atoms with Crippen LogP contribution in [-0.4, -0.2) is 36.7 Å². The first-order chi connectivity index (χ1) is 9.56. The molecule has 118 valence electrons. The van der Waals surface area contributed by atoms with Crippen molar-refractivity contribution in [2.24, 2.45) is 0 Å². The van der Waals surface area contributed by atoms with Gasteiger partial charge in [0.2, 0.25) is 10.0 Å². The highest BCUT2D eigenvalue weighted by Crippen LogP contribution is 2.30. The summed E-state index contributed by atoms with van der Waals surface area (Å²) in [6, 6.07) is 2.19. The molecule has 1 aromatic carbocycles. The van der Waals surface area contributed by atoms with Crippen LogP contribution in [0.5, 0.6) is 0 Å². The number of hydrogen-bond acceptors (Lipinski definition) is 4. The predicted molar refractivity (Wildman–Crippen MR) is 82.2 cm³/mol. The zero-order valence-electron chi connectivity index (χ0n) is 11.4. The van der Waals surface area contributed by atoms with E-state index in [4.69, 9.17) is 16.7 Å². The van der Waals surface area contributed by atoms with Gasteiger partial charge in [0, 0.05) is 4.47 Å². The van der Waals surface area contributed by atoms with Crippen LogP contribution in [0.25, 0.3) is 0 Å². The Balaban J connectivity index is 3.36. The number of carboxylic acid groups (broad SMARTS) is 1. The van der Waals surface area contributed by atoms with Crippen LogP contribution in [0.2, 0.25) is 5.02 Å². The monoisotopic (exact) mass is 399 g/mol. The topological polar surface area (TPSA) is 104 Å². The Morgan fingerprint density at radius 2 is 2.05 bits per heavy atom. The molecule has 9 heteroatoms. The fourth-order valence-corrected chi connectivity index (χ4v) is 3.80. The molecule has 6 nitrogen and oxygen atoms in total. The van der Waals surface area contributed by atoms with Gasteiger partial charge in [0.25, 0.3) is 0 Å². The molecule has 0 fully saturated rings. The van der Waals surface area contributed by atoms with Crippen LogP contribution >= 0.6 is 27.5 Å². The first kappa shape index (κ1) is 18.4. The average molecular weight is 401 g/mol. The predicted octanol–water partition coefficient (Wildman–Crippen LogP) is 2.24. The Labute approximate surface area is 136 Å². The van der Waals surface area contributed by atoms with E-state index in [1.165, 1.54) is 6.07 Å². The van der Waals surface area contributed by atoms with Gasteiger partial charge >= 0.3 is 5.97 Å². The van der Waals surface area contributed by atoms with Gasteiger partial charge in [-0.2, -0.15) is 0 Å². The molecule has 0 spiro atoms.